The summed E-state index contributed by atoms with van der Waals surface area (Å²) in [7, 11) is 1.69. The van der Waals surface area contributed by atoms with Gasteiger partial charge >= 0.3 is 0 Å². The van der Waals surface area contributed by atoms with Gasteiger partial charge in [-0.05, 0) is 36.2 Å². The Morgan fingerprint density at radius 2 is 1.85 bits per heavy atom. The van der Waals surface area contributed by atoms with Gasteiger partial charge in [-0.25, -0.2) is 0 Å². The van der Waals surface area contributed by atoms with Crippen molar-refractivity contribution in [3.63, 3.8) is 0 Å². The molecule has 1 aliphatic heterocycles. The molecule has 5 nitrogen and oxygen atoms in total. The van der Waals surface area contributed by atoms with Gasteiger partial charge in [0.2, 0.25) is 5.91 Å². The Morgan fingerprint density at radius 1 is 1.08 bits per heavy atom. The van der Waals surface area contributed by atoms with E-state index in [0.717, 1.165) is 44.0 Å². The maximum absolute atomic E-state index is 12.3. The van der Waals surface area contributed by atoms with Crippen LogP contribution in [0.2, 0.25) is 0 Å². The Hall–Kier alpha value is -2.53. The van der Waals surface area contributed by atoms with Gasteiger partial charge in [-0.2, -0.15) is 0 Å². The quantitative estimate of drug-likeness (QED) is 0.867. The van der Waals surface area contributed by atoms with Crippen LogP contribution >= 0.6 is 0 Å². The molecule has 1 N–H and O–H groups in total. The predicted molar refractivity (Wildman–Crippen MR) is 106 cm³/mol. The summed E-state index contributed by atoms with van der Waals surface area (Å²) < 4.78 is 5.30. The summed E-state index contributed by atoms with van der Waals surface area (Å²) in [4.78, 5) is 16.9. The average molecular weight is 353 g/mol. The molecule has 0 radical (unpaired) electrons. The van der Waals surface area contributed by atoms with Crippen LogP contribution < -0.4 is 15.0 Å². The van der Waals surface area contributed by atoms with Gasteiger partial charge in [0, 0.05) is 43.6 Å². The normalized spacial score (nSPS) is 14.9. The second-order valence-electron chi connectivity index (χ2n) is 6.57. The molecule has 0 aliphatic carbocycles. The highest BCUT2D eigenvalue weighted by Crippen LogP contribution is 2.22. The second-order valence-corrected chi connectivity index (χ2v) is 6.57. The minimum atomic E-state index is 0.0492. The number of hydrogen-bond donors (Lipinski definition) is 1. The Labute approximate surface area is 155 Å². The van der Waals surface area contributed by atoms with Crippen molar-refractivity contribution in [1.29, 1.82) is 0 Å². The van der Waals surface area contributed by atoms with Crippen molar-refractivity contribution >= 4 is 17.3 Å². The number of amides is 1. The van der Waals surface area contributed by atoms with Crippen molar-refractivity contribution in [3.8, 4) is 5.75 Å². The van der Waals surface area contributed by atoms with Crippen LogP contribution in [0.5, 0.6) is 5.75 Å². The number of anilines is 2. The summed E-state index contributed by atoms with van der Waals surface area (Å²) in [5.74, 6) is 0.923. The van der Waals surface area contributed by atoms with Crippen LogP contribution in [0.3, 0.4) is 0 Å². The third-order valence-corrected chi connectivity index (χ3v) is 4.78. The molecule has 0 aromatic heterocycles. The fourth-order valence-corrected chi connectivity index (χ4v) is 3.24. The zero-order valence-electron chi connectivity index (χ0n) is 15.6. The number of carbonyl (C=O) groups is 1. The standard InChI is InChI=1S/C21H27N3O2/c1-3-17-6-4-7-18(14-17)22-21(25)16-23-10-12-24(13-11-23)19-8-5-9-20(15-19)26-2/h4-9,14-15H,3,10-13,16H2,1-2H3,(H,22,25). The molecular formula is C21H27N3O2. The summed E-state index contributed by atoms with van der Waals surface area (Å²) in [6, 6.07) is 16.2. The van der Waals surface area contributed by atoms with E-state index in [9.17, 15) is 4.79 Å². The van der Waals surface area contributed by atoms with E-state index in [1.807, 2.05) is 30.3 Å². The number of rotatable bonds is 6. The van der Waals surface area contributed by atoms with Crippen LogP contribution in [-0.2, 0) is 11.2 Å². The maximum atomic E-state index is 12.3. The van der Waals surface area contributed by atoms with Crippen molar-refractivity contribution in [1.82, 2.24) is 4.90 Å². The lowest BCUT2D eigenvalue weighted by Crippen LogP contribution is -2.48. The predicted octanol–water partition coefficient (Wildman–Crippen LogP) is 3.02. The lowest BCUT2D eigenvalue weighted by atomic mass is 10.1. The number of carbonyl (C=O) groups excluding carboxylic acids is 1. The largest absolute Gasteiger partial charge is 0.497 e. The van der Waals surface area contributed by atoms with Crippen LogP contribution in [0, 0.1) is 0 Å². The summed E-state index contributed by atoms with van der Waals surface area (Å²) in [5.41, 5.74) is 3.28. The molecular weight excluding hydrogens is 326 g/mol. The molecule has 1 heterocycles. The highest BCUT2D eigenvalue weighted by atomic mass is 16.5. The number of hydrogen-bond acceptors (Lipinski definition) is 4. The number of nitrogens with zero attached hydrogens (tertiary/aromatic N) is 2. The number of benzene rings is 2. The molecule has 26 heavy (non-hydrogen) atoms. The Morgan fingerprint density at radius 3 is 2.58 bits per heavy atom. The molecule has 0 atom stereocenters. The van der Waals surface area contributed by atoms with Gasteiger partial charge in [0.1, 0.15) is 5.75 Å². The van der Waals surface area contributed by atoms with E-state index < -0.39 is 0 Å². The molecule has 2 aromatic rings. The smallest absolute Gasteiger partial charge is 0.238 e. The molecule has 1 aliphatic rings. The molecule has 5 heteroatoms. The van der Waals surface area contributed by atoms with Crippen molar-refractivity contribution in [2.75, 3.05) is 50.1 Å². The molecule has 138 valence electrons. The molecule has 0 saturated carbocycles. The molecule has 1 fully saturated rings. The van der Waals surface area contributed by atoms with Crippen molar-refractivity contribution in [2.45, 2.75) is 13.3 Å². The zero-order chi connectivity index (χ0) is 18.4. The maximum Gasteiger partial charge on any atom is 0.238 e. The third-order valence-electron chi connectivity index (χ3n) is 4.78. The number of nitrogens with one attached hydrogen (secondary N) is 1. The van der Waals surface area contributed by atoms with Crippen molar-refractivity contribution in [2.24, 2.45) is 0 Å². The van der Waals surface area contributed by atoms with Crippen LogP contribution in [0.15, 0.2) is 48.5 Å². The Bertz CT molecular complexity index is 740. The van der Waals surface area contributed by atoms with Crippen LogP contribution in [0.1, 0.15) is 12.5 Å². The highest BCUT2D eigenvalue weighted by Gasteiger charge is 2.19. The van der Waals surface area contributed by atoms with Gasteiger partial charge in [-0.3, -0.25) is 9.69 Å². The van der Waals surface area contributed by atoms with Gasteiger partial charge in [-0.15, -0.1) is 0 Å². The molecule has 2 aromatic carbocycles. The summed E-state index contributed by atoms with van der Waals surface area (Å²) in [6.45, 7) is 6.11. The van der Waals surface area contributed by atoms with E-state index in [0.29, 0.717) is 6.54 Å². The Balaban J connectivity index is 1.49. The van der Waals surface area contributed by atoms with Crippen LogP contribution in [0.4, 0.5) is 11.4 Å². The average Bonchev–Trinajstić information content (AvgIpc) is 2.68. The first kappa shape index (κ1) is 18.3. The summed E-state index contributed by atoms with van der Waals surface area (Å²) in [6.07, 6.45) is 0.968. The fourth-order valence-electron chi connectivity index (χ4n) is 3.24. The topological polar surface area (TPSA) is 44.8 Å². The second kappa shape index (κ2) is 8.72. The van der Waals surface area contributed by atoms with Gasteiger partial charge in [0.15, 0.2) is 0 Å². The number of ether oxygens (including phenoxy) is 1. The monoisotopic (exact) mass is 353 g/mol. The molecule has 1 saturated heterocycles. The van der Waals surface area contributed by atoms with E-state index in [1.54, 1.807) is 7.11 Å². The van der Waals surface area contributed by atoms with Gasteiger partial charge in [0.05, 0.1) is 13.7 Å². The minimum absolute atomic E-state index is 0.0492. The van der Waals surface area contributed by atoms with Crippen LogP contribution in [0.25, 0.3) is 0 Å². The molecule has 0 unspecified atom stereocenters. The lowest BCUT2D eigenvalue weighted by molar-refractivity contribution is -0.117. The molecule has 1 amide bonds. The van der Waals surface area contributed by atoms with E-state index >= 15 is 0 Å². The van der Waals surface area contributed by atoms with Gasteiger partial charge < -0.3 is 15.0 Å². The summed E-state index contributed by atoms with van der Waals surface area (Å²) >= 11 is 0. The van der Waals surface area contributed by atoms with Crippen molar-refractivity contribution in [3.05, 3.63) is 54.1 Å². The first-order valence-corrected chi connectivity index (χ1v) is 9.18. The van der Waals surface area contributed by atoms with E-state index in [2.05, 4.69) is 40.2 Å². The number of aryl methyl sites for hydroxylation is 1. The van der Waals surface area contributed by atoms with Crippen LogP contribution in [-0.4, -0.2) is 50.6 Å². The van der Waals surface area contributed by atoms with Gasteiger partial charge in [-0.1, -0.05) is 25.1 Å². The van der Waals surface area contributed by atoms with Crippen molar-refractivity contribution < 1.29 is 9.53 Å². The number of methoxy groups -OCH3 is 1. The molecule has 0 spiro atoms. The number of piperazine rings is 1. The van der Waals surface area contributed by atoms with Gasteiger partial charge in [0.25, 0.3) is 0 Å². The fraction of sp³-hybridized carbons (Fsp3) is 0.381. The Kier molecular flexibility index (Phi) is 6.12. The lowest BCUT2D eigenvalue weighted by Gasteiger charge is -2.35. The third kappa shape index (κ3) is 4.76. The van der Waals surface area contributed by atoms with E-state index in [4.69, 9.17) is 4.74 Å². The van der Waals surface area contributed by atoms with E-state index in [-0.39, 0.29) is 5.91 Å². The highest BCUT2D eigenvalue weighted by molar-refractivity contribution is 5.92. The SMILES string of the molecule is CCc1cccc(NC(=O)CN2CCN(c3cccc(OC)c3)CC2)c1. The molecule has 3 rings (SSSR count). The summed E-state index contributed by atoms with van der Waals surface area (Å²) in [5, 5.41) is 3.01. The first-order valence-electron chi connectivity index (χ1n) is 9.18. The first-order chi connectivity index (χ1) is 12.7. The van der Waals surface area contributed by atoms with E-state index in [1.165, 1.54) is 11.3 Å². The zero-order valence-corrected chi connectivity index (χ0v) is 15.6. The minimum Gasteiger partial charge on any atom is -0.497 e. The molecule has 0 bridgehead atoms.